The Morgan fingerprint density at radius 1 is 0.533 bits per heavy atom. The van der Waals surface area contributed by atoms with Gasteiger partial charge >= 0.3 is 0 Å². The normalized spacial score (nSPS) is 14.1. The zero-order valence-electron chi connectivity index (χ0n) is 18.3. The van der Waals surface area contributed by atoms with Crippen molar-refractivity contribution in [2.75, 3.05) is 0 Å². The van der Waals surface area contributed by atoms with E-state index in [0.717, 1.165) is 33.6 Å². The molecular formula is C26H26N2O2. The summed E-state index contributed by atoms with van der Waals surface area (Å²) in [5.74, 6) is 2.94. The maximum atomic E-state index is 6.17. The highest BCUT2D eigenvalue weighted by Crippen LogP contribution is 2.40. The van der Waals surface area contributed by atoms with Crippen LogP contribution >= 0.6 is 0 Å². The maximum Gasteiger partial charge on any atom is 0.155 e. The fourth-order valence-corrected chi connectivity index (χ4v) is 3.69. The first kappa shape index (κ1) is 18.9. The zero-order chi connectivity index (χ0) is 21.3. The van der Waals surface area contributed by atoms with Gasteiger partial charge in [-0.3, -0.25) is 0 Å². The number of hydrogen-bond donors (Lipinski definition) is 0. The van der Waals surface area contributed by atoms with Gasteiger partial charge in [0.2, 0.25) is 0 Å². The Hall–Kier alpha value is -3.14. The van der Waals surface area contributed by atoms with E-state index in [9.17, 15) is 0 Å². The van der Waals surface area contributed by atoms with Crippen molar-refractivity contribution in [1.82, 2.24) is 0 Å². The number of nitrogens with zero attached hydrogens (tertiary/aromatic N) is 2. The lowest BCUT2D eigenvalue weighted by molar-refractivity contribution is 0.449. The van der Waals surface area contributed by atoms with Crippen molar-refractivity contribution in [2.24, 2.45) is 9.98 Å². The van der Waals surface area contributed by atoms with Gasteiger partial charge in [0.25, 0.3) is 0 Å². The molecule has 4 nitrogen and oxygen atoms in total. The van der Waals surface area contributed by atoms with Gasteiger partial charge in [-0.05, 0) is 46.2 Å². The smallest absolute Gasteiger partial charge is 0.155 e. The SMILES string of the molecule is CC(C)(C)c1ccc2c(c1)N=c1cc3c(cc1O2)=Nc1cc(C(C)(C)C)ccc1O3. The Labute approximate surface area is 176 Å². The van der Waals surface area contributed by atoms with Gasteiger partial charge in [0.1, 0.15) is 22.1 Å². The predicted molar refractivity (Wildman–Crippen MR) is 119 cm³/mol. The minimum Gasteiger partial charge on any atom is -0.453 e. The summed E-state index contributed by atoms with van der Waals surface area (Å²) < 4.78 is 12.3. The van der Waals surface area contributed by atoms with Crippen LogP contribution in [-0.2, 0) is 10.8 Å². The molecule has 3 aromatic carbocycles. The van der Waals surface area contributed by atoms with Gasteiger partial charge in [0.05, 0.1) is 0 Å². The molecule has 0 radical (unpaired) electrons. The van der Waals surface area contributed by atoms with E-state index in [-0.39, 0.29) is 10.8 Å². The summed E-state index contributed by atoms with van der Waals surface area (Å²) >= 11 is 0. The number of hydrogen-bond acceptors (Lipinski definition) is 4. The Bertz CT molecular complexity index is 1210. The van der Waals surface area contributed by atoms with E-state index in [0.29, 0.717) is 11.5 Å². The lowest BCUT2D eigenvalue weighted by Gasteiger charge is -2.23. The van der Waals surface area contributed by atoms with E-state index in [1.165, 1.54) is 11.1 Å². The van der Waals surface area contributed by atoms with Crippen molar-refractivity contribution in [1.29, 1.82) is 0 Å². The summed E-state index contributed by atoms with van der Waals surface area (Å²) in [4.78, 5) is 9.69. The fraction of sp³-hybridized carbons (Fsp3) is 0.308. The Morgan fingerprint density at radius 3 is 1.30 bits per heavy atom. The molecule has 0 saturated carbocycles. The van der Waals surface area contributed by atoms with Crippen molar-refractivity contribution < 1.29 is 9.47 Å². The zero-order valence-corrected chi connectivity index (χ0v) is 18.3. The molecule has 3 aromatic rings. The monoisotopic (exact) mass is 398 g/mol. The van der Waals surface area contributed by atoms with Gasteiger partial charge in [-0.25, -0.2) is 9.98 Å². The van der Waals surface area contributed by atoms with Crippen molar-refractivity contribution in [3.05, 3.63) is 70.4 Å². The molecule has 0 spiro atoms. The van der Waals surface area contributed by atoms with Crippen LogP contribution in [0.4, 0.5) is 11.4 Å². The van der Waals surface area contributed by atoms with Crippen LogP contribution in [0.25, 0.3) is 0 Å². The minimum absolute atomic E-state index is 0.0539. The highest BCUT2D eigenvalue weighted by atomic mass is 16.5. The second-order valence-corrected chi connectivity index (χ2v) is 10.1. The number of ether oxygens (including phenoxy) is 2. The summed E-state index contributed by atoms with van der Waals surface area (Å²) in [5.41, 5.74) is 4.25. The third-order valence-electron chi connectivity index (χ3n) is 5.61. The molecule has 0 amide bonds. The number of fused-ring (bicyclic) bond motifs is 4. The molecule has 4 heteroatoms. The van der Waals surface area contributed by atoms with Crippen LogP contribution in [0.5, 0.6) is 23.0 Å². The van der Waals surface area contributed by atoms with E-state index in [4.69, 9.17) is 19.5 Å². The van der Waals surface area contributed by atoms with E-state index in [2.05, 4.69) is 65.8 Å². The van der Waals surface area contributed by atoms with Crippen molar-refractivity contribution in [3.63, 3.8) is 0 Å². The molecule has 2 heterocycles. The Morgan fingerprint density at radius 2 is 0.933 bits per heavy atom. The van der Waals surface area contributed by atoms with Crippen LogP contribution < -0.4 is 20.2 Å². The second-order valence-electron chi connectivity index (χ2n) is 10.1. The van der Waals surface area contributed by atoms with Gasteiger partial charge in [-0.2, -0.15) is 0 Å². The summed E-state index contributed by atoms with van der Waals surface area (Å²) in [7, 11) is 0. The maximum absolute atomic E-state index is 6.17. The van der Waals surface area contributed by atoms with Crippen molar-refractivity contribution >= 4 is 11.4 Å². The molecule has 30 heavy (non-hydrogen) atoms. The summed E-state index contributed by atoms with van der Waals surface area (Å²) in [6, 6.07) is 16.3. The number of benzene rings is 3. The Balaban J connectivity index is 1.62. The average Bonchev–Trinajstić information content (AvgIpc) is 2.66. The lowest BCUT2D eigenvalue weighted by atomic mass is 9.86. The molecule has 0 saturated heterocycles. The molecule has 0 fully saturated rings. The fourth-order valence-electron chi connectivity index (χ4n) is 3.69. The van der Waals surface area contributed by atoms with Crippen LogP contribution in [0.15, 0.2) is 58.5 Å². The third kappa shape index (κ3) is 3.17. The number of rotatable bonds is 0. The van der Waals surface area contributed by atoms with Crippen LogP contribution in [0, 0.1) is 0 Å². The first-order chi connectivity index (χ1) is 14.1. The molecule has 0 atom stereocenters. The third-order valence-corrected chi connectivity index (χ3v) is 5.61. The molecule has 2 aliphatic rings. The summed E-state index contributed by atoms with van der Waals surface area (Å²) in [5, 5.41) is 1.52. The molecule has 0 unspecified atom stereocenters. The van der Waals surface area contributed by atoms with Crippen LogP contribution in [0.2, 0.25) is 0 Å². The van der Waals surface area contributed by atoms with Crippen LogP contribution in [-0.4, -0.2) is 0 Å². The van der Waals surface area contributed by atoms with Crippen LogP contribution in [0.1, 0.15) is 52.7 Å². The van der Waals surface area contributed by atoms with Gasteiger partial charge in [-0.15, -0.1) is 0 Å². The molecule has 0 aliphatic carbocycles. The lowest BCUT2D eigenvalue weighted by Crippen LogP contribution is -2.19. The largest absolute Gasteiger partial charge is 0.453 e. The van der Waals surface area contributed by atoms with E-state index in [1.54, 1.807) is 0 Å². The molecule has 2 aliphatic heterocycles. The van der Waals surface area contributed by atoms with Crippen LogP contribution in [0.3, 0.4) is 0 Å². The standard InChI is InChI=1S/C26H26N2O2/c1-25(2,3)15-7-9-21-17(11-15)27-19-13-24-20(14-23(19)29-21)28-18-12-16(26(4,5)6)8-10-22(18)30-24/h7-14H,1-6H3. The molecule has 152 valence electrons. The molecule has 0 N–H and O–H groups in total. The molecular weight excluding hydrogens is 372 g/mol. The topological polar surface area (TPSA) is 43.2 Å². The summed E-state index contributed by atoms with van der Waals surface area (Å²) in [6.07, 6.45) is 0. The summed E-state index contributed by atoms with van der Waals surface area (Å²) in [6.45, 7) is 13.2. The van der Waals surface area contributed by atoms with Gasteiger partial charge < -0.3 is 9.47 Å². The van der Waals surface area contributed by atoms with E-state index >= 15 is 0 Å². The second kappa shape index (κ2) is 6.18. The first-order valence-electron chi connectivity index (χ1n) is 10.3. The first-order valence-corrected chi connectivity index (χ1v) is 10.3. The predicted octanol–water partition coefficient (Wildman–Crippen LogP) is 6.40. The van der Waals surface area contributed by atoms with Crippen molar-refractivity contribution in [2.45, 2.75) is 52.4 Å². The highest BCUT2D eigenvalue weighted by molar-refractivity contribution is 5.61. The molecule has 5 rings (SSSR count). The average molecular weight is 399 g/mol. The van der Waals surface area contributed by atoms with Gasteiger partial charge in [0, 0.05) is 12.1 Å². The van der Waals surface area contributed by atoms with Gasteiger partial charge in [-0.1, -0.05) is 53.7 Å². The molecule has 0 bridgehead atoms. The molecule has 0 aromatic heterocycles. The highest BCUT2D eigenvalue weighted by Gasteiger charge is 2.22. The Kier molecular flexibility index (Phi) is 3.88. The van der Waals surface area contributed by atoms with E-state index < -0.39 is 0 Å². The quantitative estimate of drug-likeness (QED) is 0.303. The minimum atomic E-state index is 0.0539. The van der Waals surface area contributed by atoms with Gasteiger partial charge in [0.15, 0.2) is 23.0 Å². The van der Waals surface area contributed by atoms with E-state index in [1.807, 2.05) is 24.3 Å². The van der Waals surface area contributed by atoms with Crippen molar-refractivity contribution in [3.8, 4) is 23.0 Å².